The van der Waals surface area contributed by atoms with Crippen molar-refractivity contribution in [1.82, 2.24) is 15.5 Å². The van der Waals surface area contributed by atoms with Gasteiger partial charge in [-0.2, -0.15) is 11.8 Å². The van der Waals surface area contributed by atoms with Crippen LogP contribution in [0.25, 0.3) is 0 Å². The number of hydrogen-bond acceptors (Lipinski definition) is 4. The highest BCUT2D eigenvalue weighted by Crippen LogP contribution is 2.07. The van der Waals surface area contributed by atoms with Crippen LogP contribution in [0.2, 0.25) is 0 Å². The molecule has 0 aliphatic carbocycles. The Morgan fingerprint density at radius 2 is 1.88 bits per heavy atom. The smallest absolute Gasteiger partial charge is 0.221 e. The highest BCUT2D eigenvalue weighted by atomic mass is 35.5. The lowest BCUT2D eigenvalue weighted by atomic mass is 10.4. The Hall–Kier alpha value is 0.320. The summed E-state index contributed by atoms with van der Waals surface area (Å²) in [6.45, 7) is 4.86. The summed E-state index contributed by atoms with van der Waals surface area (Å²) in [6, 6.07) is 0. The van der Waals surface area contributed by atoms with E-state index < -0.39 is 0 Å². The van der Waals surface area contributed by atoms with Crippen LogP contribution in [0.1, 0.15) is 6.42 Å². The van der Waals surface area contributed by atoms with Crippen LogP contribution in [0, 0.1) is 0 Å². The van der Waals surface area contributed by atoms with Crippen LogP contribution >= 0.6 is 36.6 Å². The maximum Gasteiger partial charge on any atom is 0.221 e. The van der Waals surface area contributed by atoms with Crippen LogP contribution in [-0.2, 0) is 4.79 Å². The third-order valence-corrected chi connectivity index (χ3v) is 3.40. The molecule has 4 nitrogen and oxygen atoms in total. The number of nitrogens with zero attached hydrogens (tertiary/aromatic N) is 1. The van der Waals surface area contributed by atoms with Gasteiger partial charge in [-0.1, -0.05) is 0 Å². The van der Waals surface area contributed by atoms with E-state index in [-0.39, 0.29) is 30.7 Å². The molecule has 1 saturated heterocycles. The van der Waals surface area contributed by atoms with E-state index in [2.05, 4.69) is 15.5 Å². The number of carbonyl (C=O) groups is 1. The molecule has 0 atom stereocenters. The van der Waals surface area contributed by atoms with E-state index in [9.17, 15) is 4.79 Å². The monoisotopic (exact) mass is 303 g/mol. The maximum atomic E-state index is 11.3. The van der Waals surface area contributed by atoms with Crippen LogP contribution < -0.4 is 10.6 Å². The molecular formula is C10H23Cl2N3OS. The second kappa shape index (κ2) is 12.8. The zero-order valence-electron chi connectivity index (χ0n) is 10.2. The number of thioether (sulfide) groups is 1. The van der Waals surface area contributed by atoms with Gasteiger partial charge in [0, 0.05) is 50.7 Å². The number of hydrogen-bond donors (Lipinski definition) is 2. The van der Waals surface area contributed by atoms with E-state index in [0.717, 1.165) is 32.7 Å². The first-order valence-electron chi connectivity index (χ1n) is 5.54. The molecule has 0 aromatic rings. The van der Waals surface area contributed by atoms with Crippen molar-refractivity contribution >= 4 is 42.5 Å². The van der Waals surface area contributed by atoms with E-state index in [0.29, 0.717) is 6.42 Å². The van der Waals surface area contributed by atoms with Crippen molar-refractivity contribution in [2.45, 2.75) is 6.42 Å². The second-order valence-corrected chi connectivity index (χ2v) is 4.88. The third kappa shape index (κ3) is 9.97. The fraction of sp³-hybridized carbons (Fsp3) is 0.900. The normalized spacial score (nSPS) is 15.6. The molecule has 0 aromatic carbocycles. The number of carbonyl (C=O) groups excluding carboxylic acids is 1. The Bertz CT molecular complexity index is 192. The molecule has 104 valence electrons. The molecule has 0 unspecified atom stereocenters. The highest BCUT2D eigenvalue weighted by molar-refractivity contribution is 7.99. The molecule has 2 N–H and O–H groups in total. The first kappa shape index (κ1) is 19.7. The van der Waals surface area contributed by atoms with Crippen molar-refractivity contribution < 1.29 is 4.79 Å². The van der Waals surface area contributed by atoms with Crippen molar-refractivity contribution in [2.24, 2.45) is 0 Å². The Balaban J connectivity index is 0. The van der Waals surface area contributed by atoms with Crippen LogP contribution in [0.4, 0.5) is 0 Å². The van der Waals surface area contributed by atoms with Gasteiger partial charge in [0.05, 0.1) is 0 Å². The largest absolute Gasteiger partial charge is 0.355 e. The van der Waals surface area contributed by atoms with Crippen molar-refractivity contribution in [3.63, 3.8) is 0 Å². The van der Waals surface area contributed by atoms with Gasteiger partial charge in [0.1, 0.15) is 0 Å². The predicted octanol–water partition coefficient (Wildman–Crippen LogP) is 0.604. The van der Waals surface area contributed by atoms with Gasteiger partial charge in [-0.3, -0.25) is 9.69 Å². The van der Waals surface area contributed by atoms with E-state index in [1.165, 1.54) is 11.5 Å². The zero-order valence-corrected chi connectivity index (χ0v) is 12.7. The first-order valence-corrected chi connectivity index (χ1v) is 6.70. The standard InChI is InChI=1S/C10H21N3OS.2ClH/c1-11-3-2-10(14)12-4-5-13-6-8-15-9-7-13;;/h11H,2-9H2,1H3,(H,12,14);2*1H. The van der Waals surface area contributed by atoms with Gasteiger partial charge in [-0.15, -0.1) is 24.8 Å². The molecule has 1 fully saturated rings. The minimum Gasteiger partial charge on any atom is -0.355 e. The average molecular weight is 304 g/mol. The first-order chi connectivity index (χ1) is 7.33. The molecule has 1 amide bonds. The summed E-state index contributed by atoms with van der Waals surface area (Å²) >= 11 is 2.01. The van der Waals surface area contributed by atoms with Gasteiger partial charge in [0.25, 0.3) is 0 Å². The Morgan fingerprint density at radius 3 is 2.47 bits per heavy atom. The number of rotatable bonds is 6. The molecule has 0 aromatic heterocycles. The van der Waals surface area contributed by atoms with Crippen molar-refractivity contribution in [1.29, 1.82) is 0 Å². The summed E-state index contributed by atoms with van der Waals surface area (Å²) in [5, 5.41) is 5.90. The van der Waals surface area contributed by atoms with Crippen LogP contribution in [0.5, 0.6) is 0 Å². The van der Waals surface area contributed by atoms with Gasteiger partial charge in [-0.25, -0.2) is 0 Å². The third-order valence-electron chi connectivity index (χ3n) is 2.46. The molecule has 0 spiro atoms. The minimum absolute atomic E-state index is 0. The summed E-state index contributed by atoms with van der Waals surface area (Å²) in [4.78, 5) is 13.7. The van der Waals surface area contributed by atoms with E-state index >= 15 is 0 Å². The lowest BCUT2D eigenvalue weighted by Gasteiger charge is -2.25. The molecule has 1 aliphatic heterocycles. The predicted molar refractivity (Wildman–Crippen MR) is 79.8 cm³/mol. The van der Waals surface area contributed by atoms with Gasteiger partial charge < -0.3 is 10.6 Å². The minimum atomic E-state index is 0. The summed E-state index contributed by atoms with van der Waals surface area (Å²) < 4.78 is 0. The highest BCUT2D eigenvalue weighted by Gasteiger charge is 2.09. The summed E-state index contributed by atoms with van der Waals surface area (Å²) in [5.41, 5.74) is 0. The summed E-state index contributed by atoms with van der Waals surface area (Å²) in [6.07, 6.45) is 0.576. The topological polar surface area (TPSA) is 44.4 Å². The van der Waals surface area contributed by atoms with Crippen LogP contribution in [-0.4, -0.2) is 62.1 Å². The van der Waals surface area contributed by atoms with Gasteiger partial charge in [0.2, 0.25) is 5.91 Å². The Labute approximate surface area is 120 Å². The Kier molecular flexibility index (Phi) is 14.8. The molecule has 1 heterocycles. The van der Waals surface area contributed by atoms with E-state index in [4.69, 9.17) is 0 Å². The van der Waals surface area contributed by atoms with Crippen molar-refractivity contribution in [3.05, 3.63) is 0 Å². The van der Waals surface area contributed by atoms with Crippen molar-refractivity contribution in [2.75, 3.05) is 51.3 Å². The van der Waals surface area contributed by atoms with E-state index in [1.807, 2.05) is 18.8 Å². The van der Waals surface area contributed by atoms with Crippen LogP contribution in [0.15, 0.2) is 0 Å². The van der Waals surface area contributed by atoms with Crippen LogP contribution in [0.3, 0.4) is 0 Å². The summed E-state index contributed by atoms with van der Waals surface area (Å²) in [5.74, 6) is 2.61. The average Bonchev–Trinajstić information content (AvgIpc) is 2.28. The SMILES string of the molecule is CNCCC(=O)NCCN1CCSCC1.Cl.Cl. The number of amides is 1. The second-order valence-electron chi connectivity index (χ2n) is 3.66. The number of halogens is 2. The molecule has 1 rings (SSSR count). The van der Waals surface area contributed by atoms with E-state index in [1.54, 1.807) is 0 Å². The molecule has 0 bridgehead atoms. The molecule has 7 heteroatoms. The maximum absolute atomic E-state index is 11.3. The zero-order chi connectivity index (χ0) is 10.9. The fourth-order valence-electron chi connectivity index (χ4n) is 1.51. The summed E-state index contributed by atoms with van der Waals surface area (Å²) in [7, 11) is 1.86. The molecule has 1 aliphatic rings. The van der Waals surface area contributed by atoms with Crippen molar-refractivity contribution in [3.8, 4) is 0 Å². The molecule has 17 heavy (non-hydrogen) atoms. The fourth-order valence-corrected chi connectivity index (χ4v) is 2.48. The van der Waals surface area contributed by atoms with Gasteiger partial charge in [0.15, 0.2) is 0 Å². The lowest BCUT2D eigenvalue weighted by molar-refractivity contribution is -0.121. The quantitative estimate of drug-likeness (QED) is 0.754. The molecular weight excluding hydrogens is 281 g/mol. The lowest BCUT2D eigenvalue weighted by Crippen LogP contribution is -2.39. The number of nitrogens with one attached hydrogen (secondary N) is 2. The molecule has 0 saturated carbocycles. The van der Waals surface area contributed by atoms with Gasteiger partial charge in [-0.05, 0) is 7.05 Å². The van der Waals surface area contributed by atoms with Gasteiger partial charge >= 0.3 is 0 Å². The molecule has 0 radical (unpaired) electrons. The Morgan fingerprint density at radius 1 is 1.24 bits per heavy atom.